The zero-order chi connectivity index (χ0) is 8.85. The van der Waals surface area contributed by atoms with Crippen molar-refractivity contribution in [1.29, 1.82) is 0 Å². The maximum Gasteiger partial charge on any atom is -0.0149 e. The Morgan fingerprint density at radius 2 is 2.00 bits per heavy atom. The van der Waals surface area contributed by atoms with Gasteiger partial charge in [0.2, 0.25) is 0 Å². The normalized spacial score (nSPS) is 15.2. The van der Waals surface area contributed by atoms with Crippen LogP contribution in [0.5, 0.6) is 0 Å². The lowest BCUT2D eigenvalue weighted by Crippen LogP contribution is -2.08. The summed E-state index contributed by atoms with van der Waals surface area (Å²) < 4.78 is 0. The predicted octanol–water partition coefficient (Wildman–Crippen LogP) is 3.80. The zero-order valence-corrected chi connectivity index (χ0v) is 8.22. The molecule has 0 N–H and O–H groups in total. The van der Waals surface area contributed by atoms with E-state index >= 15 is 0 Å². The summed E-state index contributed by atoms with van der Waals surface area (Å²) in [6, 6.07) is 0. The number of hydrogen-bond acceptors (Lipinski definition) is 0. The van der Waals surface area contributed by atoms with Crippen LogP contribution in [0.3, 0.4) is 0 Å². The Morgan fingerprint density at radius 1 is 1.45 bits per heavy atom. The summed E-state index contributed by atoms with van der Waals surface area (Å²) in [5, 5.41) is 0. The molecule has 0 amide bonds. The van der Waals surface area contributed by atoms with E-state index in [1.165, 1.54) is 5.57 Å². The lowest BCUT2D eigenvalue weighted by Gasteiger charge is -2.19. The van der Waals surface area contributed by atoms with Crippen LogP contribution < -0.4 is 0 Å². The van der Waals surface area contributed by atoms with Crippen molar-refractivity contribution in [2.45, 2.75) is 34.1 Å². The third kappa shape index (κ3) is 3.41. The van der Waals surface area contributed by atoms with Crippen LogP contribution in [-0.2, 0) is 0 Å². The van der Waals surface area contributed by atoms with Gasteiger partial charge in [-0.3, -0.25) is 0 Å². The molecule has 0 nitrogen and oxygen atoms in total. The van der Waals surface area contributed by atoms with E-state index in [2.05, 4.69) is 40.3 Å². The third-order valence-electron chi connectivity index (χ3n) is 2.27. The van der Waals surface area contributed by atoms with Gasteiger partial charge in [-0.25, -0.2) is 0 Å². The van der Waals surface area contributed by atoms with Gasteiger partial charge in [-0.05, 0) is 32.1 Å². The molecule has 1 unspecified atom stereocenters. The van der Waals surface area contributed by atoms with Crippen LogP contribution in [0.25, 0.3) is 0 Å². The summed E-state index contributed by atoms with van der Waals surface area (Å²) in [6.45, 7) is 12.6. The Labute approximate surface area is 71.0 Å². The Bertz CT molecular complexity index is 140. The van der Waals surface area contributed by atoms with Gasteiger partial charge in [0, 0.05) is 0 Å². The van der Waals surface area contributed by atoms with Gasteiger partial charge in [0.05, 0.1) is 0 Å². The fourth-order valence-corrected chi connectivity index (χ4v) is 1.38. The third-order valence-corrected chi connectivity index (χ3v) is 2.27. The fraction of sp³-hybridized carbons (Fsp3) is 0.636. The van der Waals surface area contributed by atoms with Gasteiger partial charge in [-0.15, -0.1) is 6.58 Å². The first kappa shape index (κ1) is 10.5. The van der Waals surface area contributed by atoms with E-state index in [-0.39, 0.29) is 0 Å². The predicted molar refractivity (Wildman–Crippen MR) is 52.6 cm³/mol. The molecule has 0 spiro atoms. The average Bonchev–Trinajstić information content (AvgIpc) is 1.98. The summed E-state index contributed by atoms with van der Waals surface area (Å²) in [6.07, 6.45) is 5.32. The minimum absolute atomic E-state index is 0.692. The van der Waals surface area contributed by atoms with E-state index in [4.69, 9.17) is 0 Å². The lowest BCUT2D eigenvalue weighted by atomic mass is 9.86. The van der Waals surface area contributed by atoms with Crippen LogP contribution in [0.1, 0.15) is 34.1 Å². The van der Waals surface area contributed by atoms with Crippen LogP contribution in [0.2, 0.25) is 0 Å². The zero-order valence-electron chi connectivity index (χ0n) is 8.22. The number of allylic oxidation sites excluding steroid dienone is 3. The Morgan fingerprint density at radius 3 is 2.27 bits per heavy atom. The van der Waals surface area contributed by atoms with Gasteiger partial charge >= 0.3 is 0 Å². The highest BCUT2D eigenvalue weighted by Gasteiger charge is 2.11. The summed E-state index contributed by atoms with van der Waals surface area (Å²) >= 11 is 0. The topological polar surface area (TPSA) is 0 Å². The molecular weight excluding hydrogens is 132 g/mol. The van der Waals surface area contributed by atoms with Gasteiger partial charge in [0.15, 0.2) is 0 Å². The van der Waals surface area contributed by atoms with Gasteiger partial charge < -0.3 is 0 Å². The quantitative estimate of drug-likeness (QED) is 0.537. The van der Waals surface area contributed by atoms with Crippen molar-refractivity contribution < 1.29 is 0 Å². The fourth-order valence-electron chi connectivity index (χ4n) is 1.38. The van der Waals surface area contributed by atoms with E-state index in [1.54, 1.807) is 0 Å². The van der Waals surface area contributed by atoms with Crippen molar-refractivity contribution in [1.82, 2.24) is 0 Å². The monoisotopic (exact) mass is 152 g/mol. The molecule has 0 bridgehead atoms. The van der Waals surface area contributed by atoms with Gasteiger partial charge in [-0.1, -0.05) is 31.6 Å². The highest BCUT2D eigenvalue weighted by atomic mass is 14.2. The molecule has 0 fully saturated rings. The number of hydrogen-bond donors (Lipinski definition) is 0. The molecule has 0 radical (unpaired) electrons. The Hall–Kier alpha value is -0.520. The van der Waals surface area contributed by atoms with Crippen LogP contribution >= 0.6 is 0 Å². The first-order chi connectivity index (χ1) is 5.13. The minimum atomic E-state index is 0.692. The number of rotatable bonds is 4. The minimum Gasteiger partial charge on any atom is -0.103 e. The van der Waals surface area contributed by atoms with Crippen LogP contribution in [0.15, 0.2) is 24.3 Å². The van der Waals surface area contributed by atoms with E-state index in [0.717, 1.165) is 12.3 Å². The molecule has 0 aromatic rings. The molecule has 0 heteroatoms. The molecule has 0 saturated heterocycles. The molecular formula is C11H20. The van der Waals surface area contributed by atoms with Crippen molar-refractivity contribution in [3.8, 4) is 0 Å². The summed E-state index contributed by atoms with van der Waals surface area (Å²) in [5.41, 5.74) is 1.49. The lowest BCUT2D eigenvalue weighted by molar-refractivity contribution is 0.447. The standard InChI is InChI=1S/C11H20/c1-6-8-11(9(3)4)10(5)7-2/h6-7,9,11H,1,8H2,2-5H3/b10-7-. The first-order valence-electron chi connectivity index (χ1n) is 4.37. The van der Waals surface area contributed by atoms with Gasteiger partial charge in [0.25, 0.3) is 0 Å². The van der Waals surface area contributed by atoms with E-state index in [0.29, 0.717) is 5.92 Å². The molecule has 0 saturated carbocycles. The molecule has 1 atom stereocenters. The molecule has 0 rings (SSSR count). The molecule has 0 aliphatic rings. The molecule has 0 aromatic carbocycles. The van der Waals surface area contributed by atoms with E-state index in [9.17, 15) is 0 Å². The second kappa shape index (κ2) is 5.17. The average molecular weight is 152 g/mol. The van der Waals surface area contributed by atoms with Crippen LogP contribution in [-0.4, -0.2) is 0 Å². The van der Waals surface area contributed by atoms with Crippen LogP contribution in [0, 0.1) is 11.8 Å². The van der Waals surface area contributed by atoms with Crippen molar-refractivity contribution in [3.05, 3.63) is 24.3 Å². The van der Waals surface area contributed by atoms with Crippen molar-refractivity contribution in [3.63, 3.8) is 0 Å². The Balaban J connectivity index is 4.20. The summed E-state index contributed by atoms with van der Waals surface area (Å²) in [5.74, 6) is 1.42. The van der Waals surface area contributed by atoms with Gasteiger partial charge in [0.1, 0.15) is 0 Å². The SMILES string of the molecule is C=CCC(/C(C)=C\C)C(C)C. The largest absolute Gasteiger partial charge is 0.103 e. The molecule has 64 valence electrons. The smallest absolute Gasteiger partial charge is 0.0149 e. The van der Waals surface area contributed by atoms with Crippen LogP contribution in [0.4, 0.5) is 0 Å². The van der Waals surface area contributed by atoms with Gasteiger partial charge in [-0.2, -0.15) is 0 Å². The Kier molecular flexibility index (Phi) is 4.93. The van der Waals surface area contributed by atoms with E-state index < -0.39 is 0 Å². The first-order valence-corrected chi connectivity index (χ1v) is 4.37. The van der Waals surface area contributed by atoms with Crippen molar-refractivity contribution in [2.75, 3.05) is 0 Å². The highest BCUT2D eigenvalue weighted by molar-refractivity contribution is 5.04. The maximum absolute atomic E-state index is 3.77. The van der Waals surface area contributed by atoms with Crippen molar-refractivity contribution in [2.24, 2.45) is 11.8 Å². The van der Waals surface area contributed by atoms with Crippen molar-refractivity contribution >= 4 is 0 Å². The maximum atomic E-state index is 3.77. The second-order valence-corrected chi connectivity index (χ2v) is 3.41. The molecule has 11 heavy (non-hydrogen) atoms. The molecule has 0 aliphatic carbocycles. The van der Waals surface area contributed by atoms with E-state index in [1.807, 2.05) is 6.08 Å². The highest BCUT2D eigenvalue weighted by Crippen LogP contribution is 2.23. The second-order valence-electron chi connectivity index (χ2n) is 3.41. The molecule has 0 aliphatic heterocycles. The molecule has 0 heterocycles. The molecule has 0 aromatic heterocycles. The summed E-state index contributed by atoms with van der Waals surface area (Å²) in [4.78, 5) is 0. The summed E-state index contributed by atoms with van der Waals surface area (Å²) in [7, 11) is 0.